The molecule has 1 aromatic carbocycles. The lowest BCUT2D eigenvalue weighted by Gasteiger charge is -2.46. The SMILES string of the molecule is CC1(C)COCCN1C(CN)c1cc(F)c(F)cc1F. The molecular weight excluding hydrogens is 269 g/mol. The molecule has 1 heterocycles. The Balaban J connectivity index is 2.39. The van der Waals surface area contributed by atoms with E-state index >= 15 is 0 Å². The van der Waals surface area contributed by atoms with Crippen molar-refractivity contribution in [3.05, 3.63) is 35.1 Å². The molecule has 1 aromatic rings. The van der Waals surface area contributed by atoms with Crippen LogP contribution in [0.3, 0.4) is 0 Å². The fourth-order valence-electron chi connectivity index (χ4n) is 2.66. The number of hydrogen-bond acceptors (Lipinski definition) is 3. The van der Waals surface area contributed by atoms with Crippen molar-refractivity contribution < 1.29 is 17.9 Å². The molecule has 3 nitrogen and oxygen atoms in total. The molecule has 0 saturated carbocycles. The summed E-state index contributed by atoms with van der Waals surface area (Å²) in [5, 5.41) is 0. The number of morpholine rings is 1. The van der Waals surface area contributed by atoms with Gasteiger partial charge in [0, 0.05) is 30.3 Å². The van der Waals surface area contributed by atoms with Crippen molar-refractivity contribution in [3.63, 3.8) is 0 Å². The van der Waals surface area contributed by atoms with Gasteiger partial charge in [0.05, 0.1) is 19.3 Å². The van der Waals surface area contributed by atoms with Gasteiger partial charge in [0.2, 0.25) is 0 Å². The average molecular weight is 288 g/mol. The minimum absolute atomic E-state index is 0.0846. The van der Waals surface area contributed by atoms with E-state index in [1.54, 1.807) is 0 Å². The van der Waals surface area contributed by atoms with Gasteiger partial charge in [-0.15, -0.1) is 0 Å². The van der Waals surface area contributed by atoms with E-state index in [4.69, 9.17) is 10.5 Å². The van der Waals surface area contributed by atoms with Crippen LogP contribution in [0.25, 0.3) is 0 Å². The first-order valence-corrected chi connectivity index (χ1v) is 6.56. The maximum Gasteiger partial charge on any atom is 0.161 e. The monoisotopic (exact) mass is 288 g/mol. The highest BCUT2D eigenvalue weighted by Gasteiger charge is 2.36. The average Bonchev–Trinajstić information content (AvgIpc) is 2.37. The normalized spacial score (nSPS) is 20.9. The van der Waals surface area contributed by atoms with Crippen LogP contribution in [0.15, 0.2) is 12.1 Å². The molecule has 1 saturated heterocycles. The smallest absolute Gasteiger partial charge is 0.161 e. The highest BCUT2D eigenvalue weighted by atomic mass is 19.2. The van der Waals surface area contributed by atoms with Crippen LogP contribution in [0.1, 0.15) is 25.5 Å². The van der Waals surface area contributed by atoms with E-state index in [-0.39, 0.29) is 17.6 Å². The first-order valence-electron chi connectivity index (χ1n) is 6.56. The van der Waals surface area contributed by atoms with E-state index in [2.05, 4.69) is 0 Å². The zero-order valence-corrected chi connectivity index (χ0v) is 11.6. The summed E-state index contributed by atoms with van der Waals surface area (Å²) in [4.78, 5) is 1.98. The van der Waals surface area contributed by atoms with Crippen molar-refractivity contribution >= 4 is 0 Å². The molecule has 1 atom stereocenters. The molecule has 1 fully saturated rings. The molecule has 112 valence electrons. The Morgan fingerprint density at radius 1 is 1.25 bits per heavy atom. The van der Waals surface area contributed by atoms with Crippen molar-refractivity contribution in [2.24, 2.45) is 5.73 Å². The Hall–Kier alpha value is -1.11. The van der Waals surface area contributed by atoms with Crippen molar-refractivity contribution in [2.45, 2.75) is 25.4 Å². The lowest BCUT2D eigenvalue weighted by molar-refractivity contribution is -0.0718. The highest BCUT2D eigenvalue weighted by Crippen LogP contribution is 2.32. The minimum atomic E-state index is -1.19. The zero-order valence-electron chi connectivity index (χ0n) is 11.6. The molecule has 1 unspecified atom stereocenters. The Kier molecular flexibility index (Phi) is 4.36. The maximum absolute atomic E-state index is 14.0. The van der Waals surface area contributed by atoms with Crippen LogP contribution in [-0.4, -0.2) is 36.7 Å². The second-order valence-corrected chi connectivity index (χ2v) is 5.60. The van der Waals surface area contributed by atoms with E-state index in [1.165, 1.54) is 0 Å². The predicted molar refractivity (Wildman–Crippen MR) is 69.7 cm³/mol. The van der Waals surface area contributed by atoms with Gasteiger partial charge in [0.1, 0.15) is 5.82 Å². The first kappa shape index (κ1) is 15.3. The van der Waals surface area contributed by atoms with Crippen molar-refractivity contribution in [3.8, 4) is 0 Å². The minimum Gasteiger partial charge on any atom is -0.378 e. The Bertz CT molecular complexity index is 494. The molecule has 20 heavy (non-hydrogen) atoms. The molecule has 2 N–H and O–H groups in total. The molecule has 1 aliphatic heterocycles. The van der Waals surface area contributed by atoms with E-state index < -0.39 is 23.5 Å². The predicted octanol–water partition coefficient (Wildman–Crippen LogP) is 2.21. The fraction of sp³-hybridized carbons (Fsp3) is 0.571. The molecule has 0 amide bonds. The van der Waals surface area contributed by atoms with Crippen molar-refractivity contribution in [1.82, 2.24) is 4.90 Å². The Labute approximate surface area is 116 Å². The van der Waals surface area contributed by atoms with E-state index in [9.17, 15) is 13.2 Å². The summed E-state index contributed by atoms with van der Waals surface area (Å²) >= 11 is 0. The zero-order chi connectivity index (χ0) is 14.9. The summed E-state index contributed by atoms with van der Waals surface area (Å²) in [6.45, 7) is 5.57. The lowest BCUT2D eigenvalue weighted by atomic mass is 9.95. The Morgan fingerprint density at radius 3 is 2.50 bits per heavy atom. The van der Waals surface area contributed by atoms with Gasteiger partial charge in [-0.25, -0.2) is 13.2 Å². The highest BCUT2D eigenvalue weighted by molar-refractivity contribution is 5.24. The maximum atomic E-state index is 14.0. The summed E-state index contributed by atoms with van der Waals surface area (Å²) < 4.78 is 45.8. The number of hydrogen-bond donors (Lipinski definition) is 1. The van der Waals surface area contributed by atoms with Crippen LogP contribution < -0.4 is 5.73 Å². The van der Waals surface area contributed by atoms with Gasteiger partial charge in [-0.05, 0) is 19.9 Å². The summed E-state index contributed by atoms with van der Waals surface area (Å²) in [6.07, 6.45) is 0. The molecule has 0 spiro atoms. The van der Waals surface area contributed by atoms with Crippen molar-refractivity contribution in [2.75, 3.05) is 26.3 Å². The van der Waals surface area contributed by atoms with Gasteiger partial charge < -0.3 is 10.5 Å². The van der Waals surface area contributed by atoms with Crippen LogP contribution >= 0.6 is 0 Å². The van der Waals surface area contributed by atoms with Crippen LogP contribution in [0.4, 0.5) is 13.2 Å². The molecule has 0 aliphatic carbocycles. The van der Waals surface area contributed by atoms with Crippen LogP contribution in [-0.2, 0) is 4.74 Å². The third kappa shape index (κ3) is 2.82. The van der Waals surface area contributed by atoms with Gasteiger partial charge in [0.25, 0.3) is 0 Å². The lowest BCUT2D eigenvalue weighted by Crippen LogP contribution is -2.55. The second-order valence-electron chi connectivity index (χ2n) is 5.60. The largest absolute Gasteiger partial charge is 0.378 e. The number of nitrogens with two attached hydrogens (primary N) is 1. The van der Waals surface area contributed by atoms with Crippen LogP contribution in [0.2, 0.25) is 0 Å². The van der Waals surface area contributed by atoms with Gasteiger partial charge in [-0.2, -0.15) is 0 Å². The van der Waals surface area contributed by atoms with E-state index in [1.807, 2.05) is 18.7 Å². The number of benzene rings is 1. The second kappa shape index (κ2) is 5.71. The van der Waals surface area contributed by atoms with E-state index in [0.717, 1.165) is 6.07 Å². The third-order valence-electron chi connectivity index (χ3n) is 3.71. The molecule has 0 radical (unpaired) electrons. The summed E-state index contributed by atoms with van der Waals surface area (Å²) in [7, 11) is 0. The molecule has 0 bridgehead atoms. The molecule has 1 aliphatic rings. The summed E-state index contributed by atoms with van der Waals surface area (Å²) in [5.74, 6) is -3.03. The number of nitrogens with zero attached hydrogens (tertiary/aromatic N) is 1. The first-order chi connectivity index (χ1) is 9.36. The molecule has 0 aromatic heterocycles. The van der Waals surface area contributed by atoms with Gasteiger partial charge in [-0.3, -0.25) is 4.90 Å². The van der Waals surface area contributed by atoms with Crippen molar-refractivity contribution in [1.29, 1.82) is 0 Å². The molecule has 2 rings (SSSR count). The number of rotatable bonds is 3. The fourth-order valence-corrected chi connectivity index (χ4v) is 2.66. The summed E-state index contributed by atoms with van der Waals surface area (Å²) in [5.41, 5.74) is 5.49. The topological polar surface area (TPSA) is 38.5 Å². The standard InChI is InChI=1S/C14H19F3N2O/c1-14(2)8-20-4-3-19(14)13(7-18)9-5-11(16)12(17)6-10(9)15/h5-6,13H,3-4,7-8,18H2,1-2H3. The Morgan fingerprint density at radius 2 is 1.90 bits per heavy atom. The van der Waals surface area contributed by atoms with Crippen LogP contribution in [0, 0.1) is 17.5 Å². The van der Waals surface area contributed by atoms with Crippen LogP contribution in [0.5, 0.6) is 0 Å². The molecular formula is C14H19F3N2O. The molecule has 6 heteroatoms. The summed E-state index contributed by atoms with van der Waals surface area (Å²) in [6, 6.07) is 0.957. The quantitative estimate of drug-likeness (QED) is 0.867. The van der Waals surface area contributed by atoms with Gasteiger partial charge >= 0.3 is 0 Å². The third-order valence-corrected chi connectivity index (χ3v) is 3.71. The van der Waals surface area contributed by atoms with Gasteiger partial charge in [-0.1, -0.05) is 0 Å². The van der Waals surface area contributed by atoms with Gasteiger partial charge in [0.15, 0.2) is 11.6 Å². The van der Waals surface area contributed by atoms with E-state index in [0.29, 0.717) is 25.8 Å². The number of halogens is 3. The number of ether oxygens (including phenoxy) is 1.